The molecule has 0 bridgehead atoms. The van der Waals surface area contributed by atoms with E-state index in [0.717, 1.165) is 60.9 Å². The molecule has 1 atom stereocenters. The van der Waals surface area contributed by atoms with Crippen molar-refractivity contribution in [2.24, 2.45) is 0 Å². The minimum absolute atomic E-state index is 0.125. The summed E-state index contributed by atoms with van der Waals surface area (Å²) in [6.45, 7) is 12.4. The van der Waals surface area contributed by atoms with Gasteiger partial charge in [-0.2, -0.15) is 0 Å². The Morgan fingerprint density at radius 2 is 1.97 bits per heavy atom. The second-order valence-corrected chi connectivity index (χ2v) is 8.19. The maximum Gasteiger partial charge on any atom is 0.251 e. The Balaban J connectivity index is 1.48. The predicted molar refractivity (Wildman–Crippen MR) is 119 cm³/mol. The molecule has 9 heteroatoms. The van der Waals surface area contributed by atoms with Gasteiger partial charge in [0.25, 0.3) is 5.91 Å². The number of amides is 1. The van der Waals surface area contributed by atoms with Crippen LogP contribution in [0.4, 0.5) is 5.95 Å². The van der Waals surface area contributed by atoms with Crippen LogP contribution < -0.4 is 20.7 Å². The molecule has 0 radical (unpaired) electrons. The molecule has 31 heavy (non-hydrogen) atoms. The number of allylic oxidation sites excluding steroid dienone is 1. The van der Waals surface area contributed by atoms with Crippen LogP contribution >= 0.6 is 0 Å². The maximum absolute atomic E-state index is 12.2. The first-order chi connectivity index (χ1) is 14.8. The van der Waals surface area contributed by atoms with E-state index in [2.05, 4.69) is 30.8 Å². The van der Waals surface area contributed by atoms with Crippen molar-refractivity contribution >= 4 is 22.8 Å². The minimum atomic E-state index is -0.882. The largest absolute Gasteiger partial charge is 0.492 e. The Bertz CT molecular complexity index is 1020. The van der Waals surface area contributed by atoms with E-state index in [1.165, 1.54) is 0 Å². The zero-order valence-electron chi connectivity index (χ0n) is 18.5. The predicted octanol–water partition coefficient (Wildman–Crippen LogP) is 1.75. The van der Waals surface area contributed by atoms with Gasteiger partial charge in [0, 0.05) is 42.4 Å². The molecule has 0 saturated carbocycles. The third kappa shape index (κ3) is 4.88. The van der Waals surface area contributed by atoms with E-state index in [-0.39, 0.29) is 5.91 Å². The molecular formula is C22H30N6O3. The van der Waals surface area contributed by atoms with Gasteiger partial charge in [0.2, 0.25) is 5.95 Å². The molecule has 166 valence electrons. The second kappa shape index (κ2) is 8.68. The van der Waals surface area contributed by atoms with Crippen LogP contribution in [0.25, 0.3) is 10.9 Å². The van der Waals surface area contributed by atoms with Crippen molar-refractivity contribution in [2.45, 2.75) is 33.5 Å². The lowest BCUT2D eigenvalue weighted by Gasteiger charge is -2.38. The highest BCUT2D eigenvalue weighted by Gasteiger charge is 2.32. The summed E-state index contributed by atoms with van der Waals surface area (Å²) in [6, 6.07) is 5.86. The number of anilines is 1. The molecule has 1 amide bonds. The third-order valence-electron chi connectivity index (χ3n) is 5.70. The lowest BCUT2D eigenvalue weighted by atomic mass is 10.1. The second-order valence-electron chi connectivity index (χ2n) is 8.19. The monoisotopic (exact) mass is 426 g/mol. The van der Waals surface area contributed by atoms with Gasteiger partial charge in [-0.15, -0.1) is 0 Å². The maximum atomic E-state index is 12.2. The molecule has 3 N–H and O–H groups in total. The molecule has 4 rings (SSSR count). The zero-order valence-corrected chi connectivity index (χ0v) is 18.5. The smallest absolute Gasteiger partial charge is 0.251 e. The van der Waals surface area contributed by atoms with Crippen molar-refractivity contribution in [3.63, 3.8) is 0 Å². The van der Waals surface area contributed by atoms with E-state index >= 15 is 0 Å². The number of hydrogen-bond acceptors (Lipinski definition) is 8. The quantitative estimate of drug-likeness (QED) is 0.642. The summed E-state index contributed by atoms with van der Waals surface area (Å²) in [6.07, 6.45) is 0. The van der Waals surface area contributed by atoms with Crippen molar-refractivity contribution < 1.29 is 14.3 Å². The molecule has 3 heterocycles. The summed E-state index contributed by atoms with van der Waals surface area (Å²) >= 11 is 0. The van der Waals surface area contributed by atoms with Gasteiger partial charge in [-0.1, -0.05) is 0 Å². The molecule has 2 aliphatic heterocycles. The number of carbonyl (C=O) groups excluding carboxylic acids is 1. The number of morpholine rings is 1. The number of nitrogens with zero attached hydrogens (tertiary/aromatic N) is 3. The molecule has 9 nitrogen and oxygen atoms in total. The topological polar surface area (TPSA) is 101 Å². The average Bonchev–Trinajstić information content (AvgIpc) is 2.72. The lowest BCUT2D eigenvalue weighted by Crippen LogP contribution is -2.64. The Labute approximate surface area is 182 Å². The van der Waals surface area contributed by atoms with Crippen molar-refractivity contribution in [1.29, 1.82) is 0 Å². The Kier molecular flexibility index (Phi) is 5.97. The van der Waals surface area contributed by atoms with Gasteiger partial charge >= 0.3 is 0 Å². The fourth-order valence-corrected chi connectivity index (χ4v) is 3.81. The average molecular weight is 427 g/mol. The summed E-state index contributed by atoms with van der Waals surface area (Å²) in [5.74, 6) is 0.194. The number of ether oxygens (including phenoxy) is 2. The summed E-state index contributed by atoms with van der Waals surface area (Å²) in [4.78, 5) is 23.8. The number of carbonyl (C=O) groups is 1. The van der Waals surface area contributed by atoms with Crippen LogP contribution in [0.5, 0.6) is 5.75 Å². The molecule has 0 spiro atoms. The molecule has 0 aliphatic carbocycles. The fourth-order valence-electron chi connectivity index (χ4n) is 3.81. The van der Waals surface area contributed by atoms with Crippen molar-refractivity contribution in [1.82, 2.24) is 25.5 Å². The fraction of sp³-hybridized carbons (Fsp3) is 0.500. The van der Waals surface area contributed by atoms with Gasteiger partial charge < -0.3 is 25.4 Å². The number of aryl methyl sites for hydroxylation is 1. The minimum Gasteiger partial charge on any atom is -0.492 e. The van der Waals surface area contributed by atoms with Gasteiger partial charge in [0.05, 0.1) is 24.4 Å². The first-order valence-electron chi connectivity index (χ1n) is 10.6. The summed E-state index contributed by atoms with van der Waals surface area (Å²) in [5.41, 5.74) is 3.11. The Morgan fingerprint density at radius 3 is 2.71 bits per heavy atom. The Morgan fingerprint density at radius 1 is 1.19 bits per heavy atom. The summed E-state index contributed by atoms with van der Waals surface area (Å²) in [7, 11) is 0. The molecule has 1 aromatic carbocycles. The molecule has 1 unspecified atom stereocenters. The van der Waals surface area contributed by atoms with Crippen molar-refractivity contribution in [3.8, 4) is 5.75 Å². The van der Waals surface area contributed by atoms with Gasteiger partial charge in [-0.3, -0.25) is 9.69 Å². The van der Waals surface area contributed by atoms with E-state index in [0.29, 0.717) is 18.1 Å². The van der Waals surface area contributed by atoms with Gasteiger partial charge in [-0.25, -0.2) is 9.97 Å². The Hall–Kier alpha value is -2.91. The number of nitrogens with one attached hydrogen (secondary N) is 3. The van der Waals surface area contributed by atoms with E-state index in [4.69, 9.17) is 9.47 Å². The highest BCUT2D eigenvalue weighted by molar-refractivity contribution is 5.95. The van der Waals surface area contributed by atoms with Crippen molar-refractivity contribution in [2.75, 3.05) is 44.8 Å². The number of rotatable bonds is 6. The SMILES string of the molecule is CC1=C(C)C(=O)NC(C)(Nc2nc(C)c3ccc(OCCN4CCOCC4)cc3n2)N1. The van der Waals surface area contributed by atoms with Crippen LogP contribution in [0, 0.1) is 6.92 Å². The molecule has 2 aromatic rings. The summed E-state index contributed by atoms with van der Waals surface area (Å²) in [5, 5.41) is 10.4. The number of hydrogen-bond donors (Lipinski definition) is 3. The van der Waals surface area contributed by atoms with Crippen LogP contribution in [0.1, 0.15) is 26.5 Å². The standard InChI is InChI=1S/C22H30N6O3/c1-14-15(2)25-22(4,26-20(14)29)27-21-23-16(3)18-6-5-17(13-19(18)24-21)31-12-9-28-7-10-30-11-8-28/h5-6,13,25H,7-12H2,1-4H3,(H,26,29)(H,23,24,27). The van der Waals surface area contributed by atoms with Crippen LogP contribution in [0.2, 0.25) is 0 Å². The zero-order chi connectivity index (χ0) is 22.0. The van der Waals surface area contributed by atoms with E-state index in [1.54, 1.807) is 6.92 Å². The van der Waals surface area contributed by atoms with E-state index < -0.39 is 5.79 Å². The van der Waals surface area contributed by atoms with E-state index in [9.17, 15) is 4.79 Å². The number of aromatic nitrogens is 2. The van der Waals surface area contributed by atoms with Gasteiger partial charge in [-0.05, 0) is 39.8 Å². The molecule has 1 saturated heterocycles. The molecule has 1 fully saturated rings. The first kappa shape index (κ1) is 21.3. The third-order valence-corrected chi connectivity index (χ3v) is 5.70. The van der Waals surface area contributed by atoms with Crippen LogP contribution in [-0.2, 0) is 9.53 Å². The van der Waals surface area contributed by atoms with Crippen LogP contribution in [0.3, 0.4) is 0 Å². The van der Waals surface area contributed by atoms with Gasteiger partial charge in [0.15, 0.2) is 5.79 Å². The number of benzene rings is 1. The van der Waals surface area contributed by atoms with Crippen molar-refractivity contribution in [3.05, 3.63) is 35.2 Å². The van der Waals surface area contributed by atoms with Gasteiger partial charge in [0.1, 0.15) is 12.4 Å². The molecule has 2 aliphatic rings. The normalized spacial score (nSPS) is 22.3. The highest BCUT2D eigenvalue weighted by atomic mass is 16.5. The highest BCUT2D eigenvalue weighted by Crippen LogP contribution is 2.24. The van der Waals surface area contributed by atoms with E-state index in [1.807, 2.05) is 39.0 Å². The molecular weight excluding hydrogens is 396 g/mol. The summed E-state index contributed by atoms with van der Waals surface area (Å²) < 4.78 is 11.3. The lowest BCUT2D eigenvalue weighted by molar-refractivity contribution is -0.119. The van der Waals surface area contributed by atoms with Crippen LogP contribution in [-0.4, -0.2) is 66.0 Å². The number of fused-ring (bicyclic) bond motifs is 1. The van der Waals surface area contributed by atoms with Crippen LogP contribution in [0.15, 0.2) is 29.5 Å². The first-order valence-corrected chi connectivity index (χ1v) is 10.6. The molecule has 1 aromatic heterocycles.